The van der Waals surface area contributed by atoms with Crippen LogP contribution in [0.5, 0.6) is 11.5 Å². The fraction of sp³-hybridized carbons (Fsp3) is 0.133. The SMILES string of the molecule is COc1ccc(-c2nc3ccccc3n2C)c(Cl)c1O. The van der Waals surface area contributed by atoms with Gasteiger partial charge in [0.05, 0.1) is 23.2 Å². The number of phenolic OH excluding ortho intramolecular Hbond substituents is 1. The number of ether oxygens (including phenoxy) is 1. The average Bonchev–Trinajstić information content (AvgIpc) is 2.80. The molecular weight excluding hydrogens is 276 g/mol. The lowest BCUT2D eigenvalue weighted by Crippen LogP contribution is -1.94. The Kier molecular flexibility index (Phi) is 3.03. The summed E-state index contributed by atoms with van der Waals surface area (Å²) in [6.07, 6.45) is 0. The number of para-hydroxylation sites is 2. The van der Waals surface area contributed by atoms with Gasteiger partial charge in [-0.3, -0.25) is 0 Å². The molecule has 0 spiro atoms. The van der Waals surface area contributed by atoms with Gasteiger partial charge in [-0.1, -0.05) is 23.7 Å². The summed E-state index contributed by atoms with van der Waals surface area (Å²) in [6.45, 7) is 0. The summed E-state index contributed by atoms with van der Waals surface area (Å²) in [5.74, 6) is 0.977. The van der Waals surface area contributed by atoms with E-state index in [9.17, 15) is 5.11 Å². The highest BCUT2D eigenvalue weighted by Gasteiger charge is 2.17. The van der Waals surface area contributed by atoms with Crippen LogP contribution in [0.2, 0.25) is 5.02 Å². The lowest BCUT2D eigenvalue weighted by molar-refractivity contribution is 0.374. The van der Waals surface area contributed by atoms with Gasteiger partial charge in [0.15, 0.2) is 11.5 Å². The van der Waals surface area contributed by atoms with Crippen molar-refractivity contribution in [3.63, 3.8) is 0 Å². The van der Waals surface area contributed by atoms with E-state index >= 15 is 0 Å². The molecule has 0 atom stereocenters. The summed E-state index contributed by atoms with van der Waals surface area (Å²) in [4.78, 5) is 4.57. The Hall–Kier alpha value is -2.20. The van der Waals surface area contributed by atoms with Crippen LogP contribution in [0.15, 0.2) is 36.4 Å². The van der Waals surface area contributed by atoms with Crippen LogP contribution in [0.25, 0.3) is 22.4 Å². The molecule has 0 saturated carbocycles. The topological polar surface area (TPSA) is 47.3 Å². The van der Waals surface area contributed by atoms with Crippen molar-refractivity contribution in [2.45, 2.75) is 0 Å². The maximum Gasteiger partial charge on any atom is 0.177 e. The lowest BCUT2D eigenvalue weighted by Gasteiger charge is -2.09. The molecule has 0 amide bonds. The van der Waals surface area contributed by atoms with Crippen molar-refractivity contribution in [2.75, 3.05) is 7.11 Å². The Morgan fingerprint density at radius 1 is 1.20 bits per heavy atom. The van der Waals surface area contributed by atoms with Crippen molar-refractivity contribution >= 4 is 22.6 Å². The van der Waals surface area contributed by atoms with Crippen LogP contribution in [0.3, 0.4) is 0 Å². The zero-order chi connectivity index (χ0) is 14.3. The molecule has 1 N–H and O–H groups in total. The predicted octanol–water partition coefficient (Wildman–Crippen LogP) is 3.61. The maximum atomic E-state index is 10.0. The van der Waals surface area contributed by atoms with E-state index in [0.29, 0.717) is 17.1 Å². The minimum absolute atomic E-state index is 0.0706. The number of methoxy groups -OCH3 is 1. The minimum Gasteiger partial charge on any atom is -0.503 e. The van der Waals surface area contributed by atoms with E-state index in [2.05, 4.69) is 4.98 Å². The molecule has 0 unspecified atom stereocenters. The van der Waals surface area contributed by atoms with Gasteiger partial charge in [0.2, 0.25) is 0 Å². The number of benzene rings is 2. The molecule has 0 saturated heterocycles. The van der Waals surface area contributed by atoms with Gasteiger partial charge >= 0.3 is 0 Å². The molecule has 0 aliphatic rings. The van der Waals surface area contributed by atoms with Crippen LogP contribution in [0.4, 0.5) is 0 Å². The van der Waals surface area contributed by atoms with E-state index in [4.69, 9.17) is 16.3 Å². The van der Waals surface area contributed by atoms with Crippen LogP contribution in [0.1, 0.15) is 0 Å². The molecule has 0 aliphatic heterocycles. The minimum atomic E-state index is -0.0706. The first-order valence-corrected chi connectivity index (χ1v) is 6.48. The second-order valence-electron chi connectivity index (χ2n) is 4.46. The molecule has 5 heteroatoms. The Balaban J connectivity index is 2.26. The molecular formula is C15H13ClN2O2. The van der Waals surface area contributed by atoms with Gasteiger partial charge in [-0.15, -0.1) is 0 Å². The summed E-state index contributed by atoms with van der Waals surface area (Å²) in [7, 11) is 3.41. The summed E-state index contributed by atoms with van der Waals surface area (Å²) >= 11 is 6.23. The van der Waals surface area contributed by atoms with Crippen LogP contribution in [0, 0.1) is 0 Å². The Morgan fingerprint density at radius 2 is 1.95 bits per heavy atom. The van der Waals surface area contributed by atoms with Crippen molar-refractivity contribution in [2.24, 2.45) is 7.05 Å². The summed E-state index contributed by atoms with van der Waals surface area (Å²) in [5.41, 5.74) is 2.56. The first-order chi connectivity index (χ1) is 9.63. The lowest BCUT2D eigenvalue weighted by atomic mass is 10.2. The van der Waals surface area contributed by atoms with Crippen LogP contribution < -0.4 is 4.74 Å². The van der Waals surface area contributed by atoms with Crippen molar-refractivity contribution < 1.29 is 9.84 Å². The fourth-order valence-corrected chi connectivity index (χ4v) is 2.51. The second kappa shape index (κ2) is 4.72. The monoisotopic (exact) mass is 288 g/mol. The van der Waals surface area contributed by atoms with Gasteiger partial charge in [0.25, 0.3) is 0 Å². The molecule has 0 fully saturated rings. The van der Waals surface area contributed by atoms with Crippen molar-refractivity contribution in [3.8, 4) is 22.9 Å². The van der Waals surface area contributed by atoms with Gasteiger partial charge in [-0.2, -0.15) is 0 Å². The highest BCUT2D eigenvalue weighted by Crippen LogP contribution is 2.40. The molecule has 3 rings (SSSR count). The number of hydrogen-bond acceptors (Lipinski definition) is 3. The summed E-state index contributed by atoms with van der Waals surface area (Å²) < 4.78 is 6.99. The van der Waals surface area contributed by atoms with E-state index in [1.165, 1.54) is 7.11 Å². The van der Waals surface area contributed by atoms with Gasteiger partial charge in [-0.05, 0) is 24.3 Å². The van der Waals surface area contributed by atoms with E-state index in [-0.39, 0.29) is 10.8 Å². The molecule has 3 aromatic rings. The van der Waals surface area contributed by atoms with E-state index in [1.807, 2.05) is 35.9 Å². The first kappa shape index (κ1) is 12.8. The fourth-order valence-electron chi connectivity index (χ4n) is 2.27. The van der Waals surface area contributed by atoms with Crippen molar-refractivity contribution in [1.82, 2.24) is 9.55 Å². The van der Waals surface area contributed by atoms with Gasteiger partial charge in [0, 0.05) is 12.6 Å². The quantitative estimate of drug-likeness (QED) is 0.783. The molecule has 0 radical (unpaired) electrons. The summed E-state index contributed by atoms with van der Waals surface area (Å²) in [5, 5.41) is 10.3. The zero-order valence-corrected chi connectivity index (χ0v) is 11.8. The average molecular weight is 289 g/mol. The first-order valence-electron chi connectivity index (χ1n) is 6.10. The normalized spacial score (nSPS) is 10.9. The highest BCUT2D eigenvalue weighted by atomic mass is 35.5. The maximum absolute atomic E-state index is 10.0. The third-order valence-electron chi connectivity index (χ3n) is 3.33. The van der Waals surface area contributed by atoms with E-state index in [0.717, 1.165) is 11.0 Å². The zero-order valence-electron chi connectivity index (χ0n) is 11.1. The Labute approximate surface area is 121 Å². The number of aryl methyl sites for hydroxylation is 1. The number of aromatic hydroxyl groups is 1. The molecule has 4 nitrogen and oxygen atoms in total. The second-order valence-corrected chi connectivity index (χ2v) is 4.84. The Bertz CT molecular complexity index is 796. The number of nitrogens with zero attached hydrogens (tertiary/aromatic N) is 2. The molecule has 0 aliphatic carbocycles. The van der Waals surface area contributed by atoms with E-state index < -0.39 is 0 Å². The molecule has 20 heavy (non-hydrogen) atoms. The van der Waals surface area contributed by atoms with Crippen molar-refractivity contribution in [3.05, 3.63) is 41.4 Å². The van der Waals surface area contributed by atoms with Crippen LogP contribution in [-0.2, 0) is 7.05 Å². The largest absolute Gasteiger partial charge is 0.503 e. The number of rotatable bonds is 2. The molecule has 2 aromatic carbocycles. The van der Waals surface area contributed by atoms with E-state index in [1.54, 1.807) is 12.1 Å². The van der Waals surface area contributed by atoms with Gasteiger partial charge in [-0.25, -0.2) is 4.98 Å². The number of imidazole rings is 1. The standard InChI is InChI=1S/C15H13ClN2O2/c1-18-11-6-4-3-5-10(11)17-15(18)9-7-8-12(20-2)14(19)13(9)16/h3-8,19H,1-2H3. The molecule has 0 bridgehead atoms. The number of aromatic nitrogens is 2. The third-order valence-corrected chi connectivity index (χ3v) is 3.71. The van der Waals surface area contributed by atoms with Crippen LogP contribution >= 0.6 is 11.6 Å². The number of hydrogen-bond donors (Lipinski definition) is 1. The highest BCUT2D eigenvalue weighted by molar-refractivity contribution is 6.35. The summed E-state index contributed by atoms with van der Waals surface area (Å²) in [6, 6.07) is 11.3. The molecule has 1 heterocycles. The predicted molar refractivity (Wildman–Crippen MR) is 79.4 cm³/mol. The Morgan fingerprint density at radius 3 is 2.65 bits per heavy atom. The number of halogens is 1. The van der Waals surface area contributed by atoms with Crippen molar-refractivity contribution in [1.29, 1.82) is 0 Å². The van der Waals surface area contributed by atoms with Gasteiger partial charge in [0.1, 0.15) is 5.82 Å². The van der Waals surface area contributed by atoms with Crippen LogP contribution in [-0.4, -0.2) is 21.8 Å². The molecule has 102 valence electrons. The van der Waals surface area contributed by atoms with Gasteiger partial charge < -0.3 is 14.4 Å². The molecule has 1 aromatic heterocycles. The smallest absolute Gasteiger partial charge is 0.177 e. The number of phenols is 1. The third kappa shape index (κ3) is 1.80. The number of fused-ring (bicyclic) bond motifs is 1.